The number of hydrogen-bond donors (Lipinski definition) is 2. The molecule has 1 fully saturated rings. The monoisotopic (exact) mass is 245 g/mol. The van der Waals surface area contributed by atoms with Crippen molar-refractivity contribution in [1.29, 1.82) is 0 Å². The Bertz CT molecular complexity index is 192. The molecule has 0 heterocycles. The summed E-state index contributed by atoms with van der Waals surface area (Å²) in [6.45, 7) is 4.13. The van der Waals surface area contributed by atoms with Crippen LogP contribution in [0.15, 0.2) is 0 Å². The van der Waals surface area contributed by atoms with Crippen LogP contribution in [-0.4, -0.2) is 41.5 Å². The molecule has 0 bridgehead atoms. The second-order valence-corrected chi connectivity index (χ2v) is 5.83. The first kappa shape index (κ1) is 14.3. The van der Waals surface area contributed by atoms with Gasteiger partial charge < -0.3 is 10.0 Å². The fourth-order valence-electron chi connectivity index (χ4n) is 2.85. The molecule has 1 saturated carbocycles. The average molecular weight is 245 g/mol. The van der Waals surface area contributed by atoms with Crippen LogP contribution in [0, 0.1) is 5.92 Å². The Labute approximate surface area is 106 Å². The molecule has 0 aromatic rings. The molecule has 0 saturated heterocycles. The predicted molar refractivity (Wildman–Crippen MR) is 73.2 cm³/mol. The van der Waals surface area contributed by atoms with Crippen LogP contribution >= 0.6 is 12.6 Å². The summed E-state index contributed by atoms with van der Waals surface area (Å²) in [4.78, 5) is 2.29. The molecule has 0 aliphatic heterocycles. The van der Waals surface area contributed by atoms with Crippen molar-refractivity contribution in [1.82, 2.24) is 4.90 Å². The van der Waals surface area contributed by atoms with Crippen molar-refractivity contribution in [2.45, 2.75) is 51.0 Å². The molecular formula is C13H27NOS. The van der Waals surface area contributed by atoms with Crippen LogP contribution in [0.25, 0.3) is 0 Å². The maximum absolute atomic E-state index is 10.3. The summed E-state index contributed by atoms with van der Waals surface area (Å²) in [6, 6.07) is 0. The summed E-state index contributed by atoms with van der Waals surface area (Å²) in [5, 5.41) is 10.3. The van der Waals surface area contributed by atoms with Gasteiger partial charge in [-0.25, -0.2) is 0 Å². The van der Waals surface area contributed by atoms with Gasteiger partial charge in [0, 0.05) is 13.1 Å². The predicted octanol–water partition coefficient (Wildman–Crippen LogP) is 2.57. The Balaban J connectivity index is 2.30. The molecular weight excluding hydrogens is 218 g/mol. The van der Waals surface area contributed by atoms with Gasteiger partial charge in [0.25, 0.3) is 0 Å². The van der Waals surface area contributed by atoms with Crippen molar-refractivity contribution in [3.05, 3.63) is 0 Å². The maximum atomic E-state index is 10.3. The van der Waals surface area contributed by atoms with Gasteiger partial charge in [-0.05, 0) is 38.0 Å². The van der Waals surface area contributed by atoms with Gasteiger partial charge >= 0.3 is 0 Å². The van der Waals surface area contributed by atoms with E-state index in [2.05, 4.69) is 31.5 Å². The van der Waals surface area contributed by atoms with Crippen molar-refractivity contribution in [2.75, 3.05) is 25.9 Å². The molecule has 1 unspecified atom stereocenters. The Morgan fingerprint density at radius 2 is 2.00 bits per heavy atom. The van der Waals surface area contributed by atoms with Crippen LogP contribution in [-0.2, 0) is 0 Å². The SMILES string of the molecule is CCCC(CS)CN(C)CC1(O)CCCC1. The second kappa shape index (κ2) is 6.87. The molecule has 1 N–H and O–H groups in total. The quantitative estimate of drug-likeness (QED) is 0.674. The molecule has 2 nitrogen and oxygen atoms in total. The zero-order chi connectivity index (χ0) is 12.0. The topological polar surface area (TPSA) is 23.5 Å². The molecule has 1 aliphatic carbocycles. The minimum absolute atomic E-state index is 0.401. The van der Waals surface area contributed by atoms with E-state index < -0.39 is 5.60 Å². The fourth-order valence-corrected chi connectivity index (χ4v) is 3.15. The lowest BCUT2D eigenvalue weighted by molar-refractivity contribution is 0.0134. The molecule has 0 spiro atoms. The molecule has 0 amide bonds. The lowest BCUT2D eigenvalue weighted by atomic mass is 10.0. The number of hydrogen-bond acceptors (Lipinski definition) is 3. The van der Waals surface area contributed by atoms with Crippen LogP contribution in [0.3, 0.4) is 0 Å². The maximum Gasteiger partial charge on any atom is 0.0774 e. The number of likely N-dealkylation sites (N-methyl/N-ethyl adjacent to an activating group) is 1. The first-order valence-electron chi connectivity index (χ1n) is 6.61. The van der Waals surface area contributed by atoms with Gasteiger partial charge in [0.05, 0.1) is 5.60 Å². The normalized spacial score (nSPS) is 21.6. The van der Waals surface area contributed by atoms with Crippen molar-refractivity contribution in [3.8, 4) is 0 Å². The summed E-state index contributed by atoms with van der Waals surface area (Å²) >= 11 is 4.40. The van der Waals surface area contributed by atoms with Gasteiger partial charge in [-0.15, -0.1) is 0 Å². The van der Waals surface area contributed by atoms with E-state index in [1.165, 1.54) is 25.7 Å². The van der Waals surface area contributed by atoms with Crippen molar-refractivity contribution < 1.29 is 5.11 Å². The van der Waals surface area contributed by atoms with Crippen LogP contribution in [0.2, 0.25) is 0 Å². The van der Waals surface area contributed by atoms with Gasteiger partial charge in [0.15, 0.2) is 0 Å². The lowest BCUT2D eigenvalue weighted by Gasteiger charge is -2.30. The number of thiol groups is 1. The number of aliphatic hydroxyl groups is 1. The molecule has 0 radical (unpaired) electrons. The Hall–Kier alpha value is 0.270. The van der Waals surface area contributed by atoms with Gasteiger partial charge in [-0.2, -0.15) is 12.6 Å². The van der Waals surface area contributed by atoms with E-state index in [1.807, 2.05) is 0 Å². The van der Waals surface area contributed by atoms with Crippen LogP contribution in [0.5, 0.6) is 0 Å². The van der Waals surface area contributed by atoms with E-state index in [0.29, 0.717) is 5.92 Å². The highest BCUT2D eigenvalue weighted by molar-refractivity contribution is 7.80. The highest BCUT2D eigenvalue weighted by Crippen LogP contribution is 2.30. The summed E-state index contributed by atoms with van der Waals surface area (Å²) in [5.41, 5.74) is -0.401. The summed E-state index contributed by atoms with van der Waals surface area (Å²) < 4.78 is 0. The van der Waals surface area contributed by atoms with E-state index in [0.717, 1.165) is 31.7 Å². The summed E-state index contributed by atoms with van der Waals surface area (Å²) in [7, 11) is 2.13. The minimum Gasteiger partial charge on any atom is -0.389 e. The van der Waals surface area contributed by atoms with E-state index in [-0.39, 0.29) is 0 Å². The van der Waals surface area contributed by atoms with E-state index >= 15 is 0 Å². The third-order valence-electron chi connectivity index (χ3n) is 3.62. The molecule has 96 valence electrons. The molecule has 3 heteroatoms. The first-order chi connectivity index (χ1) is 7.59. The molecule has 1 aliphatic rings. The van der Waals surface area contributed by atoms with Gasteiger partial charge in [0.1, 0.15) is 0 Å². The molecule has 1 atom stereocenters. The number of rotatable bonds is 7. The smallest absolute Gasteiger partial charge is 0.0774 e. The second-order valence-electron chi connectivity index (χ2n) is 5.47. The summed E-state index contributed by atoms with van der Waals surface area (Å²) in [5.74, 6) is 1.62. The highest BCUT2D eigenvalue weighted by Gasteiger charge is 2.32. The number of nitrogens with zero attached hydrogens (tertiary/aromatic N) is 1. The zero-order valence-electron chi connectivity index (χ0n) is 10.8. The van der Waals surface area contributed by atoms with Crippen molar-refractivity contribution >= 4 is 12.6 Å². The molecule has 0 aromatic carbocycles. The molecule has 0 aromatic heterocycles. The first-order valence-corrected chi connectivity index (χ1v) is 7.24. The van der Waals surface area contributed by atoms with Crippen molar-refractivity contribution in [2.24, 2.45) is 5.92 Å². The average Bonchev–Trinajstić information content (AvgIpc) is 2.63. The van der Waals surface area contributed by atoms with E-state index in [9.17, 15) is 5.11 Å². The van der Waals surface area contributed by atoms with Crippen molar-refractivity contribution in [3.63, 3.8) is 0 Å². The Kier molecular flexibility index (Phi) is 6.16. The van der Waals surface area contributed by atoms with Crippen LogP contribution in [0.4, 0.5) is 0 Å². The van der Waals surface area contributed by atoms with Crippen LogP contribution in [0.1, 0.15) is 45.4 Å². The zero-order valence-corrected chi connectivity index (χ0v) is 11.7. The highest BCUT2D eigenvalue weighted by atomic mass is 32.1. The van der Waals surface area contributed by atoms with Gasteiger partial charge in [-0.3, -0.25) is 0 Å². The Morgan fingerprint density at radius 1 is 1.38 bits per heavy atom. The van der Waals surface area contributed by atoms with Gasteiger partial charge in [-0.1, -0.05) is 26.2 Å². The summed E-state index contributed by atoms with van der Waals surface area (Å²) in [6.07, 6.45) is 6.81. The largest absolute Gasteiger partial charge is 0.389 e. The lowest BCUT2D eigenvalue weighted by Crippen LogP contribution is -2.41. The molecule has 16 heavy (non-hydrogen) atoms. The fraction of sp³-hybridized carbons (Fsp3) is 1.00. The van der Waals surface area contributed by atoms with Gasteiger partial charge in [0.2, 0.25) is 0 Å². The molecule has 1 rings (SSSR count). The minimum atomic E-state index is -0.401. The van der Waals surface area contributed by atoms with E-state index in [4.69, 9.17) is 0 Å². The third kappa shape index (κ3) is 4.64. The van der Waals surface area contributed by atoms with Crippen LogP contribution < -0.4 is 0 Å². The Morgan fingerprint density at radius 3 is 2.50 bits per heavy atom. The third-order valence-corrected chi connectivity index (χ3v) is 4.14. The standard InChI is InChI=1S/C13H27NOS/c1-3-6-12(10-16)9-14(2)11-13(15)7-4-5-8-13/h12,15-16H,3-11H2,1-2H3. The van der Waals surface area contributed by atoms with E-state index in [1.54, 1.807) is 0 Å².